The third-order valence-corrected chi connectivity index (χ3v) is 2.92. The van der Waals surface area contributed by atoms with Crippen LogP contribution in [-0.4, -0.2) is 23.5 Å². The molecule has 7 nitrogen and oxygen atoms in total. The van der Waals surface area contributed by atoms with Gasteiger partial charge in [0.2, 0.25) is 0 Å². The summed E-state index contributed by atoms with van der Waals surface area (Å²) >= 11 is 0. The SMILES string of the molecule is CC(C)(C)OC(=O)NCc1ccc(/C(N)=N/OC(=O)C(C)(C)C)cc1. The van der Waals surface area contributed by atoms with Gasteiger partial charge < -0.3 is 20.6 Å². The number of oxime groups is 1. The minimum Gasteiger partial charge on any atom is -0.444 e. The topological polar surface area (TPSA) is 103 Å². The highest BCUT2D eigenvalue weighted by atomic mass is 16.7. The van der Waals surface area contributed by atoms with E-state index in [1.54, 1.807) is 65.8 Å². The molecule has 0 aliphatic carbocycles. The maximum Gasteiger partial charge on any atom is 0.407 e. The molecule has 1 rings (SSSR count). The van der Waals surface area contributed by atoms with Crippen molar-refractivity contribution >= 4 is 17.9 Å². The number of rotatable bonds is 4. The molecule has 7 heteroatoms. The zero-order valence-corrected chi connectivity index (χ0v) is 15.7. The Balaban J connectivity index is 2.61. The molecule has 1 amide bonds. The lowest BCUT2D eigenvalue weighted by molar-refractivity contribution is -0.152. The zero-order chi connectivity index (χ0) is 19.3. The molecule has 1 aromatic carbocycles. The number of benzene rings is 1. The fraction of sp³-hybridized carbons (Fsp3) is 0.500. The monoisotopic (exact) mass is 349 g/mol. The van der Waals surface area contributed by atoms with Crippen molar-refractivity contribution in [2.24, 2.45) is 16.3 Å². The van der Waals surface area contributed by atoms with Crippen molar-refractivity contribution in [3.8, 4) is 0 Å². The normalized spacial score (nSPS) is 12.5. The summed E-state index contributed by atoms with van der Waals surface area (Å²) in [7, 11) is 0. The van der Waals surface area contributed by atoms with Gasteiger partial charge in [-0.15, -0.1) is 0 Å². The van der Waals surface area contributed by atoms with Crippen LogP contribution < -0.4 is 11.1 Å². The Hall–Kier alpha value is -2.57. The second-order valence-corrected chi connectivity index (χ2v) is 7.66. The molecule has 0 bridgehead atoms. The third kappa shape index (κ3) is 7.69. The Morgan fingerprint density at radius 1 is 1.08 bits per heavy atom. The number of amides is 1. The number of ether oxygens (including phenoxy) is 1. The smallest absolute Gasteiger partial charge is 0.407 e. The molecule has 25 heavy (non-hydrogen) atoms. The Bertz CT molecular complexity index is 638. The molecule has 0 fully saturated rings. The van der Waals surface area contributed by atoms with Gasteiger partial charge in [0.1, 0.15) is 5.60 Å². The number of nitrogens with two attached hydrogens (primary N) is 1. The largest absolute Gasteiger partial charge is 0.444 e. The quantitative estimate of drug-likeness (QED) is 0.376. The number of alkyl carbamates (subject to hydrolysis) is 1. The minimum absolute atomic E-state index is 0.101. The second kappa shape index (κ2) is 8.00. The molecule has 0 spiro atoms. The number of hydrogen-bond donors (Lipinski definition) is 2. The van der Waals surface area contributed by atoms with E-state index in [9.17, 15) is 9.59 Å². The first-order chi connectivity index (χ1) is 11.4. The van der Waals surface area contributed by atoms with Crippen molar-refractivity contribution in [2.45, 2.75) is 53.7 Å². The molecule has 0 saturated heterocycles. The van der Waals surface area contributed by atoms with E-state index in [0.29, 0.717) is 12.1 Å². The zero-order valence-electron chi connectivity index (χ0n) is 15.7. The summed E-state index contributed by atoms with van der Waals surface area (Å²) in [6.45, 7) is 10.9. The van der Waals surface area contributed by atoms with Crippen molar-refractivity contribution < 1.29 is 19.2 Å². The molecule has 0 saturated carbocycles. The highest BCUT2D eigenvalue weighted by molar-refractivity contribution is 5.97. The van der Waals surface area contributed by atoms with Crippen molar-refractivity contribution in [3.05, 3.63) is 35.4 Å². The van der Waals surface area contributed by atoms with E-state index in [1.807, 2.05) is 0 Å². The molecule has 0 aromatic heterocycles. The van der Waals surface area contributed by atoms with E-state index in [2.05, 4.69) is 10.5 Å². The third-order valence-electron chi connectivity index (χ3n) is 2.92. The number of hydrogen-bond acceptors (Lipinski definition) is 5. The summed E-state index contributed by atoms with van der Waals surface area (Å²) in [6, 6.07) is 7.05. The Kier molecular flexibility index (Phi) is 6.55. The van der Waals surface area contributed by atoms with Gasteiger partial charge in [0.05, 0.1) is 5.41 Å². The highest BCUT2D eigenvalue weighted by Gasteiger charge is 2.23. The van der Waals surface area contributed by atoms with Crippen LogP contribution in [0, 0.1) is 5.41 Å². The van der Waals surface area contributed by atoms with Crippen molar-refractivity contribution in [1.82, 2.24) is 5.32 Å². The lowest BCUT2D eigenvalue weighted by Crippen LogP contribution is -2.32. The maximum atomic E-state index is 11.7. The van der Waals surface area contributed by atoms with Gasteiger partial charge in [0, 0.05) is 12.1 Å². The molecule has 0 heterocycles. The van der Waals surface area contributed by atoms with Crippen LogP contribution in [0.4, 0.5) is 4.79 Å². The van der Waals surface area contributed by atoms with Crippen LogP contribution in [0.5, 0.6) is 0 Å². The van der Waals surface area contributed by atoms with Crippen LogP contribution in [0.3, 0.4) is 0 Å². The fourth-order valence-corrected chi connectivity index (χ4v) is 1.56. The average Bonchev–Trinajstić information content (AvgIpc) is 2.48. The van der Waals surface area contributed by atoms with Gasteiger partial charge in [-0.25, -0.2) is 9.59 Å². The van der Waals surface area contributed by atoms with E-state index < -0.39 is 23.1 Å². The van der Waals surface area contributed by atoms with Gasteiger partial charge in [-0.2, -0.15) is 0 Å². The van der Waals surface area contributed by atoms with E-state index >= 15 is 0 Å². The summed E-state index contributed by atoms with van der Waals surface area (Å²) in [4.78, 5) is 28.1. The van der Waals surface area contributed by atoms with Crippen LogP contribution in [0.2, 0.25) is 0 Å². The summed E-state index contributed by atoms with van der Waals surface area (Å²) in [5, 5.41) is 6.33. The molecule has 0 radical (unpaired) electrons. The van der Waals surface area contributed by atoms with Gasteiger partial charge in [0.25, 0.3) is 0 Å². The number of carbonyl (C=O) groups is 2. The average molecular weight is 349 g/mol. The van der Waals surface area contributed by atoms with E-state index in [4.69, 9.17) is 15.3 Å². The first-order valence-electron chi connectivity index (χ1n) is 7.99. The first-order valence-corrected chi connectivity index (χ1v) is 7.99. The molecule has 0 aliphatic rings. The molecule has 0 atom stereocenters. The number of amidine groups is 1. The summed E-state index contributed by atoms with van der Waals surface area (Å²) in [6.07, 6.45) is -0.480. The Labute approximate surface area is 148 Å². The van der Waals surface area contributed by atoms with Crippen LogP contribution >= 0.6 is 0 Å². The van der Waals surface area contributed by atoms with Crippen LogP contribution in [0.15, 0.2) is 29.4 Å². The molecule has 0 unspecified atom stereocenters. The predicted octanol–water partition coefficient (Wildman–Crippen LogP) is 2.92. The van der Waals surface area contributed by atoms with Gasteiger partial charge in [-0.3, -0.25) is 0 Å². The number of nitrogens with one attached hydrogen (secondary N) is 1. The summed E-state index contributed by atoms with van der Waals surface area (Å²) in [5.41, 5.74) is 6.10. The lowest BCUT2D eigenvalue weighted by Gasteiger charge is -2.19. The molecule has 1 aromatic rings. The molecule has 3 N–H and O–H groups in total. The van der Waals surface area contributed by atoms with Crippen molar-refractivity contribution in [1.29, 1.82) is 0 Å². The van der Waals surface area contributed by atoms with Crippen LogP contribution in [0.25, 0.3) is 0 Å². The van der Waals surface area contributed by atoms with Gasteiger partial charge in [-0.1, -0.05) is 29.4 Å². The van der Waals surface area contributed by atoms with Gasteiger partial charge >= 0.3 is 12.1 Å². The van der Waals surface area contributed by atoms with Crippen molar-refractivity contribution in [3.63, 3.8) is 0 Å². The minimum atomic E-state index is -0.652. The van der Waals surface area contributed by atoms with Gasteiger partial charge in [0.15, 0.2) is 5.84 Å². The number of carbonyl (C=O) groups excluding carboxylic acids is 2. The van der Waals surface area contributed by atoms with Crippen LogP contribution in [-0.2, 0) is 20.9 Å². The lowest BCUT2D eigenvalue weighted by atomic mass is 9.98. The standard InChI is InChI=1S/C18H27N3O4/c1-17(2,3)15(22)25-21-14(19)13-9-7-12(8-10-13)11-20-16(23)24-18(4,5)6/h7-10H,11H2,1-6H3,(H2,19,21)(H,20,23). The maximum absolute atomic E-state index is 11.7. The fourth-order valence-electron chi connectivity index (χ4n) is 1.56. The summed E-state index contributed by atoms with van der Waals surface area (Å²) < 4.78 is 5.17. The molecular weight excluding hydrogens is 322 g/mol. The molecule has 0 aliphatic heterocycles. The first kappa shape index (κ1) is 20.5. The van der Waals surface area contributed by atoms with E-state index in [1.165, 1.54) is 0 Å². The number of nitrogens with zero attached hydrogens (tertiary/aromatic N) is 1. The molecule has 138 valence electrons. The highest BCUT2D eigenvalue weighted by Crippen LogP contribution is 2.15. The van der Waals surface area contributed by atoms with E-state index in [-0.39, 0.29) is 5.84 Å². The predicted molar refractivity (Wildman–Crippen MR) is 95.8 cm³/mol. The Morgan fingerprint density at radius 2 is 1.64 bits per heavy atom. The summed E-state index contributed by atoms with van der Waals surface area (Å²) in [5.74, 6) is -0.363. The molecular formula is C18H27N3O4. The van der Waals surface area contributed by atoms with Gasteiger partial charge in [-0.05, 0) is 47.1 Å². The second-order valence-electron chi connectivity index (χ2n) is 7.66. The van der Waals surface area contributed by atoms with Crippen molar-refractivity contribution in [2.75, 3.05) is 0 Å². The van der Waals surface area contributed by atoms with E-state index in [0.717, 1.165) is 5.56 Å². The van der Waals surface area contributed by atoms with Crippen LogP contribution in [0.1, 0.15) is 52.7 Å². The Morgan fingerprint density at radius 3 is 2.12 bits per heavy atom.